The van der Waals surface area contributed by atoms with Crippen LogP contribution in [-0.2, 0) is 4.79 Å². The first kappa shape index (κ1) is 12.4. The Morgan fingerprint density at radius 3 is 2.28 bits per heavy atom. The summed E-state index contributed by atoms with van der Waals surface area (Å²) < 4.78 is 0. The Morgan fingerprint density at radius 2 is 1.78 bits per heavy atom. The normalized spacial score (nSPS) is 38.1. The summed E-state index contributed by atoms with van der Waals surface area (Å²) in [4.78, 5) is 15.0. The van der Waals surface area contributed by atoms with Crippen molar-refractivity contribution < 1.29 is 9.90 Å². The second-order valence-electron chi connectivity index (χ2n) is 6.41. The van der Waals surface area contributed by atoms with Gasteiger partial charge >= 0.3 is 0 Å². The molecule has 3 aliphatic rings. The van der Waals surface area contributed by atoms with Gasteiger partial charge in [0.05, 0.1) is 11.5 Å². The van der Waals surface area contributed by atoms with E-state index < -0.39 is 0 Å². The molecule has 2 atom stereocenters. The summed E-state index contributed by atoms with van der Waals surface area (Å²) in [6.45, 7) is 0.490. The number of nitrogens with two attached hydrogens (primary N) is 1. The number of carbonyl (C=O) groups excluding carboxylic acids is 1. The topological polar surface area (TPSA) is 66.6 Å². The molecular weight excluding hydrogens is 228 g/mol. The highest BCUT2D eigenvalue weighted by molar-refractivity contribution is 5.84. The fourth-order valence-electron chi connectivity index (χ4n) is 4.31. The van der Waals surface area contributed by atoms with Crippen molar-refractivity contribution in [2.75, 3.05) is 6.54 Å². The van der Waals surface area contributed by atoms with Crippen LogP contribution in [0.3, 0.4) is 0 Å². The number of amides is 1. The molecule has 4 nitrogen and oxygen atoms in total. The molecule has 102 valence electrons. The largest absolute Gasteiger partial charge is 0.393 e. The predicted octanol–water partition coefficient (Wildman–Crippen LogP) is 1.02. The van der Waals surface area contributed by atoms with Gasteiger partial charge in [0.15, 0.2) is 0 Å². The fourth-order valence-corrected chi connectivity index (χ4v) is 4.31. The minimum Gasteiger partial charge on any atom is -0.393 e. The van der Waals surface area contributed by atoms with E-state index in [1.165, 1.54) is 0 Å². The maximum absolute atomic E-state index is 12.9. The summed E-state index contributed by atoms with van der Waals surface area (Å²) >= 11 is 0. The predicted molar refractivity (Wildman–Crippen MR) is 68.9 cm³/mol. The van der Waals surface area contributed by atoms with Gasteiger partial charge in [-0.3, -0.25) is 4.79 Å². The number of rotatable bonds is 2. The summed E-state index contributed by atoms with van der Waals surface area (Å²) in [6.07, 6.45) is 7.64. The molecule has 0 spiro atoms. The molecule has 2 unspecified atom stereocenters. The minimum atomic E-state index is -0.275. The van der Waals surface area contributed by atoms with Crippen molar-refractivity contribution >= 4 is 5.91 Å². The minimum absolute atomic E-state index is 0.205. The van der Waals surface area contributed by atoms with Crippen LogP contribution in [-0.4, -0.2) is 40.6 Å². The van der Waals surface area contributed by atoms with Crippen LogP contribution in [0.5, 0.6) is 0 Å². The standard InChI is InChI=1S/C14H24N2O2/c15-9-14(5-1-2-6-14)13(18)16-10-3-4-11(16)8-12(17)7-10/h10-12,17H,1-9,15H2. The number of nitrogens with zero attached hydrogens (tertiary/aromatic N) is 1. The van der Waals surface area contributed by atoms with E-state index in [9.17, 15) is 9.90 Å². The zero-order valence-electron chi connectivity index (χ0n) is 11.0. The Kier molecular flexibility index (Phi) is 3.10. The number of carbonyl (C=O) groups is 1. The van der Waals surface area contributed by atoms with E-state index in [-0.39, 0.29) is 23.6 Å². The van der Waals surface area contributed by atoms with Crippen molar-refractivity contribution in [3.05, 3.63) is 0 Å². The third-order valence-electron chi connectivity index (χ3n) is 5.35. The second-order valence-corrected chi connectivity index (χ2v) is 6.41. The summed E-state index contributed by atoms with van der Waals surface area (Å²) in [5.74, 6) is 0.293. The van der Waals surface area contributed by atoms with E-state index in [4.69, 9.17) is 5.73 Å². The zero-order valence-corrected chi connectivity index (χ0v) is 11.0. The van der Waals surface area contributed by atoms with Crippen LogP contribution in [0, 0.1) is 5.41 Å². The molecule has 18 heavy (non-hydrogen) atoms. The Morgan fingerprint density at radius 1 is 1.22 bits per heavy atom. The van der Waals surface area contributed by atoms with E-state index >= 15 is 0 Å². The number of aliphatic hydroxyl groups excluding tert-OH is 1. The Labute approximate surface area is 109 Å². The Balaban J connectivity index is 1.80. The van der Waals surface area contributed by atoms with Gasteiger partial charge in [0.1, 0.15) is 0 Å². The average molecular weight is 252 g/mol. The molecule has 0 radical (unpaired) electrons. The van der Waals surface area contributed by atoms with Crippen molar-refractivity contribution in [1.29, 1.82) is 0 Å². The molecule has 1 saturated carbocycles. The van der Waals surface area contributed by atoms with E-state index in [2.05, 4.69) is 4.90 Å². The molecule has 1 amide bonds. The smallest absolute Gasteiger partial charge is 0.230 e. The van der Waals surface area contributed by atoms with E-state index in [0.29, 0.717) is 12.5 Å². The molecular formula is C14H24N2O2. The second kappa shape index (κ2) is 4.49. The SMILES string of the molecule is NCC1(C(=O)N2C3CCC2CC(O)C3)CCCC1. The highest BCUT2D eigenvalue weighted by Crippen LogP contribution is 2.44. The number of hydrogen-bond acceptors (Lipinski definition) is 3. The van der Waals surface area contributed by atoms with E-state index in [0.717, 1.165) is 51.4 Å². The van der Waals surface area contributed by atoms with Gasteiger partial charge in [-0.15, -0.1) is 0 Å². The molecule has 3 rings (SSSR count). The molecule has 0 aromatic carbocycles. The molecule has 2 saturated heterocycles. The highest BCUT2D eigenvalue weighted by Gasteiger charge is 2.50. The summed E-state index contributed by atoms with van der Waals surface area (Å²) in [7, 11) is 0. The van der Waals surface area contributed by atoms with Crippen molar-refractivity contribution in [3.63, 3.8) is 0 Å². The van der Waals surface area contributed by atoms with Crippen molar-refractivity contribution in [2.45, 2.75) is 69.6 Å². The van der Waals surface area contributed by atoms with Gasteiger partial charge in [-0.05, 0) is 38.5 Å². The molecule has 1 aliphatic carbocycles. The third kappa shape index (κ3) is 1.77. The summed E-state index contributed by atoms with van der Waals surface area (Å²) in [5.41, 5.74) is 5.64. The molecule has 0 aromatic rings. The van der Waals surface area contributed by atoms with Gasteiger partial charge in [-0.25, -0.2) is 0 Å². The van der Waals surface area contributed by atoms with Gasteiger partial charge in [0.2, 0.25) is 5.91 Å². The first-order valence-corrected chi connectivity index (χ1v) is 7.37. The first-order chi connectivity index (χ1) is 8.66. The van der Waals surface area contributed by atoms with Crippen LogP contribution in [0.2, 0.25) is 0 Å². The van der Waals surface area contributed by atoms with Crippen LogP contribution in [0.1, 0.15) is 51.4 Å². The molecule has 2 aliphatic heterocycles. The van der Waals surface area contributed by atoms with E-state index in [1.54, 1.807) is 0 Å². The van der Waals surface area contributed by atoms with Crippen molar-refractivity contribution in [2.24, 2.45) is 11.1 Å². The van der Waals surface area contributed by atoms with Crippen LogP contribution in [0.25, 0.3) is 0 Å². The summed E-state index contributed by atoms with van der Waals surface area (Å²) in [5, 5.41) is 9.81. The maximum atomic E-state index is 12.9. The van der Waals surface area contributed by atoms with Crippen LogP contribution in [0.4, 0.5) is 0 Å². The van der Waals surface area contributed by atoms with Gasteiger partial charge in [0, 0.05) is 18.6 Å². The molecule has 3 fully saturated rings. The average Bonchev–Trinajstić information content (AvgIpc) is 2.93. The van der Waals surface area contributed by atoms with Gasteiger partial charge in [-0.1, -0.05) is 12.8 Å². The van der Waals surface area contributed by atoms with Gasteiger partial charge in [-0.2, -0.15) is 0 Å². The number of aliphatic hydroxyl groups is 1. The van der Waals surface area contributed by atoms with Crippen LogP contribution < -0.4 is 5.73 Å². The maximum Gasteiger partial charge on any atom is 0.230 e. The number of fused-ring (bicyclic) bond motifs is 2. The van der Waals surface area contributed by atoms with E-state index in [1.807, 2.05) is 0 Å². The van der Waals surface area contributed by atoms with Crippen molar-refractivity contribution in [3.8, 4) is 0 Å². The van der Waals surface area contributed by atoms with Crippen LogP contribution >= 0.6 is 0 Å². The lowest BCUT2D eigenvalue weighted by atomic mass is 9.83. The molecule has 2 heterocycles. The lowest BCUT2D eigenvalue weighted by Gasteiger charge is -2.42. The quantitative estimate of drug-likeness (QED) is 0.771. The number of hydrogen-bond donors (Lipinski definition) is 2. The number of piperidine rings is 1. The van der Waals surface area contributed by atoms with Gasteiger partial charge < -0.3 is 15.7 Å². The molecule has 0 aromatic heterocycles. The fraction of sp³-hybridized carbons (Fsp3) is 0.929. The Hall–Kier alpha value is -0.610. The lowest BCUT2D eigenvalue weighted by molar-refractivity contribution is -0.147. The highest BCUT2D eigenvalue weighted by atomic mass is 16.3. The Bertz CT molecular complexity index is 325. The van der Waals surface area contributed by atoms with Crippen LogP contribution in [0.15, 0.2) is 0 Å². The first-order valence-electron chi connectivity index (χ1n) is 7.37. The zero-order chi connectivity index (χ0) is 12.8. The molecule has 4 heteroatoms. The molecule has 3 N–H and O–H groups in total. The van der Waals surface area contributed by atoms with Gasteiger partial charge in [0.25, 0.3) is 0 Å². The third-order valence-corrected chi connectivity index (χ3v) is 5.35. The molecule has 2 bridgehead atoms. The summed E-state index contributed by atoms with van der Waals surface area (Å²) in [6, 6.07) is 0.547. The van der Waals surface area contributed by atoms with Crippen molar-refractivity contribution in [1.82, 2.24) is 4.90 Å². The lowest BCUT2D eigenvalue weighted by Crippen LogP contribution is -2.54. The monoisotopic (exact) mass is 252 g/mol.